The Bertz CT molecular complexity index is 20.4. The molecule has 0 bridgehead atoms. The van der Waals surface area contributed by atoms with Gasteiger partial charge in [-0.3, -0.25) is 0 Å². The van der Waals surface area contributed by atoms with Gasteiger partial charge in [0.25, 0.3) is 0 Å². The Morgan fingerprint density at radius 1 is 1.57 bits per heavy atom. The van der Waals surface area contributed by atoms with Crippen LogP contribution in [0, 0.1) is 0 Å². The van der Waals surface area contributed by atoms with Gasteiger partial charge < -0.3 is 0 Å². The average molecular weight is 158 g/mol. The molecule has 7 heavy (non-hydrogen) atoms. The Labute approximate surface area is 62.0 Å². The van der Waals surface area contributed by atoms with Crippen LogP contribution in [0.2, 0.25) is 6.32 Å². The molecule has 0 saturated carbocycles. The van der Waals surface area contributed by atoms with Crippen molar-refractivity contribution in [1.29, 1.82) is 0 Å². The van der Waals surface area contributed by atoms with Gasteiger partial charge in [-0.25, -0.2) is 0 Å². The zero-order valence-corrected chi connectivity index (χ0v) is 7.55. The van der Waals surface area contributed by atoms with Crippen LogP contribution in [-0.2, 0) is 16.5 Å². The van der Waals surface area contributed by atoms with E-state index in [0.29, 0.717) is 0 Å². The van der Waals surface area contributed by atoms with Gasteiger partial charge in [-0.15, -0.1) is 0 Å². The Hall–Kier alpha value is 1.12. The second kappa shape index (κ2) is 15.7. The Balaban J connectivity index is -0.0000000800. The van der Waals surface area contributed by atoms with Gasteiger partial charge in [-0.2, -0.15) is 9.90 Å². The van der Waals surface area contributed by atoms with Gasteiger partial charge in [-0.1, -0.05) is 13.2 Å². The van der Waals surface area contributed by atoms with Crippen molar-refractivity contribution in [3.05, 3.63) is 0 Å². The summed E-state index contributed by atoms with van der Waals surface area (Å²) in [6, 6.07) is 0. The monoisotopic (exact) mass is 158 g/mol. The van der Waals surface area contributed by atoms with E-state index in [-0.39, 0.29) is 26.4 Å². The number of rotatable bonds is 2. The zero-order chi connectivity index (χ0) is 4.12. The molecular formula is C2H12B3NiP. The molecule has 0 saturated heterocycles. The summed E-state index contributed by atoms with van der Waals surface area (Å²) in [5.41, 5.74) is 0. The molecule has 5 heteroatoms. The summed E-state index contributed by atoms with van der Waals surface area (Å²) in [5.74, 6) is 0. The van der Waals surface area contributed by atoms with Crippen molar-refractivity contribution in [2.24, 2.45) is 0 Å². The molecule has 0 aliphatic heterocycles. The molecule has 0 spiro atoms. The summed E-state index contributed by atoms with van der Waals surface area (Å²) < 4.78 is 0. The van der Waals surface area contributed by atoms with Crippen molar-refractivity contribution in [3.63, 3.8) is 0 Å². The van der Waals surface area contributed by atoms with Gasteiger partial charge in [-0.05, 0) is 0 Å². The normalized spacial score (nSPS) is 4.71. The van der Waals surface area contributed by atoms with E-state index in [0.717, 1.165) is 0 Å². The van der Waals surface area contributed by atoms with E-state index >= 15 is 0 Å². The number of hydrogen-bond acceptors (Lipinski definition) is 0. The van der Waals surface area contributed by atoms with E-state index in [2.05, 4.69) is 14.7 Å². The van der Waals surface area contributed by atoms with Crippen LogP contribution >= 0.6 is 9.90 Å². The van der Waals surface area contributed by atoms with E-state index in [1.54, 1.807) is 0 Å². The van der Waals surface area contributed by atoms with Crippen molar-refractivity contribution in [3.8, 4) is 0 Å². The summed E-state index contributed by atoms with van der Waals surface area (Å²) in [6.45, 7) is 2.21. The van der Waals surface area contributed by atoms with Gasteiger partial charge in [0.05, 0.1) is 22.0 Å². The molecular weight excluding hydrogens is 146 g/mol. The van der Waals surface area contributed by atoms with Gasteiger partial charge in [0.1, 0.15) is 0 Å². The van der Waals surface area contributed by atoms with Crippen LogP contribution in [-0.4, -0.2) is 22.0 Å². The fourth-order valence-corrected chi connectivity index (χ4v) is 0.354. The second-order valence-corrected chi connectivity index (χ2v) is 1.35. The van der Waals surface area contributed by atoms with Crippen LogP contribution in [0.1, 0.15) is 6.92 Å². The molecule has 0 aromatic heterocycles. The quantitative estimate of drug-likeness (QED) is 0.350. The van der Waals surface area contributed by atoms with Crippen molar-refractivity contribution in [1.82, 2.24) is 0 Å². The van der Waals surface area contributed by atoms with Gasteiger partial charge in [0, 0.05) is 16.5 Å². The largest absolute Gasteiger partial charge is 0.153 e. The van der Waals surface area contributed by atoms with Crippen LogP contribution in [0.3, 0.4) is 0 Å². The van der Waals surface area contributed by atoms with E-state index in [1.807, 2.05) is 0 Å². The fraction of sp³-hybridized carbons (Fsp3) is 1.00. The smallest absolute Gasteiger partial charge is 0.0776 e. The maximum absolute atomic E-state index is 2.21. The van der Waals surface area contributed by atoms with Crippen LogP contribution in [0.15, 0.2) is 0 Å². The zero-order valence-electron chi connectivity index (χ0n) is 5.14. The summed E-state index contributed by atoms with van der Waals surface area (Å²) >= 11 is 0. The van der Waals surface area contributed by atoms with E-state index in [9.17, 15) is 0 Å². The van der Waals surface area contributed by atoms with E-state index in [4.69, 9.17) is 0 Å². The third-order valence-corrected chi connectivity index (χ3v) is 0.707. The third kappa shape index (κ3) is 19.2. The average Bonchev–Trinajstić information content (AvgIpc) is 1.41. The Morgan fingerprint density at radius 3 is 2.00 bits per heavy atom. The summed E-state index contributed by atoms with van der Waals surface area (Å²) in [6.07, 6.45) is 1.34. The third-order valence-electron chi connectivity index (χ3n) is 0.707. The Kier molecular flexibility index (Phi) is 35.2. The van der Waals surface area contributed by atoms with Crippen LogP contribution in [0.25, 0.3) is 0 Å². The molecule has 0 aromatic carbocycles. The van der Waals surface area contributed by atoms with Crippen molar-refractivity contribution in [2.45, 2.75) is 13.2 Å². The first kappa shape index (κ1) is 15.7. The van der Waals surface area contributed by atoms with Crippen molar-refractivity contribution >= 4 is 31.9 Å². The fourth-order valence-electron chi connectivity index (χ4n) is 0.354. The topological polar surface area (TPSA) is 0 Å². The van der Waals surface area contributed by atoms with E-state index in [1.165, 1.54) is 20.6 Å². The molecule has 0 aliphatic rings. The molecule has 44 valence electrons. The first-order chi connectivity index (χ1) is 2.41. The minimum absolute atomic E-state index is 0. The first-order valence-electron chi connectivity index (χ1n) is 2.41. The summed E-state index contributed by atoms with van der Waals surface area (Å²) in [7, 11) is 4.94. The molecule has 0 amide bonds. The molecule has 0 N–H and O–H groups in total. The molecule has 0 rings (SSSR count). The predicted molar refractivity (Wildman–Crippen MR) is 44.4 cm³/mol. The molecule has 0 aliphatic carbocycles. The maximum atomic E-state index is 2.21. The standard InChI is InChI=1S/C2H9B3.Ni.H3P/c1-2-4-5-3;;/h4-5H,2-3H2,1H3;;1H3. The van der Waals surface area contributed by atoms with Crippen LogP contribution in [0.4, 0.5) is 0 Å². The van der Waals surface area contributed by atoms with Gasteiger partial charge in [0.2, 0.25) is 0 Å². The van der Waals surface area contributed by atoms with Crippen molar-refractivity contribution in [2.75, 3.05) is 0 Å². The van der Waals surface area contributed by atoms with Crippen LogP contribution in [0.5, 0.6) is 0 Å². The minimum Gasteiger partial charge on any atom is -0.153 e. The summed E-state index contributed by atoms with van der Waals surface area (Å²) in [4.78, 5) is 0. The molecule has 0 aromatic rings. The van der Waals surface area contributed by atoms with E-state index < -0.39 is 0 Å². The molecule has 0 fully saturated rings. The molecule has 0 nitrogen and oxygen atoms in total. The molecule has 0 radical (unpaired) electrons. The SMILES string of the molecule is BBBCC.P.[Ni]. The minimum atomic E-state index is 0. The van der Waals surface area contributed by atoms with Gasteiger partial charge >= 0.3 is 0 Å². The van der Waals surface area contributed by atoms with Crippen LogP contribution < -0.4 is 0 Å². The van der Waals surface area contributed by atoms with Gasteiger partial charge in [0.15, 0.2) is 0 Å². The molecule has 0 heterocycles. The molecule has 1 unspecified atom stereocenters. The van der Waals surface area contributed by atoms with Crippen molar-refractivity contribution < 1.29 is 16.5 Å². The number of hydrogen-bond donors (Lipinski definition) is 0. The predicted octanol–water partition coefficient (Wildman–Crippen LogP) is -1.18. The molecule has 1 atom stereocenters. The second-order valence-electron chi connectivity index (χ2n) is 1.35. The maximum Gasteiger partial charge on any atom is 0.0776 e. The first-order valence-corrected chi connectivity index (χ1v) is 2.41. The summed E-state index contributed by atoms with van der Waals surface area (Å²) in [5, 5.41) is 0. The Morgan fingerprint density at radius 2 is 2.00 bits per heavy atom.